The van der Waals surface area contributed by atoms with E-state index in [1.165, 1.54) is 5.39 Å². The third kappa shape index (κ3) is 3.30. The fraction of sp³-hybridized carbons (Fsp3) is 0.208. The first kappa shape index (κ1) is 19.9. The van der Waals surface area contributed by atoms with E-state index in [2.05, 4.69) is 55.8 Å². The highest BCUT2D eigenvalue weighted by Crippen LogP contribution is 2.40. The third-order valence-electron chi connectivity index (χ3n) is 5.81. The van der Waals surface area contributed by atoms with Gasteiger partial charge in [-0.1, -0.05) is 30.3 Å². The molecule has 0 saturated heterocycles. The topological polar surface area (TPSA) is 89.9 Å². The maximum atomic E-state index is 5.78. The van der Waals surface area contributed by atoms with Crippen molar-refractivity contribution in [3.63, 3.8) is 0 Å². The van der Waals surface area contributed by atoms with Crippen LogP contribution in [0.2, 0.25) is 0 Å². The molecule has 8 heteroatoms. The fourth-order valence-electron chi connectivity index (χ4n) is 4.26. The minimum atomic E-state index is -0.0297. The van der Waals surface area contributed by atoms with Crippen molar-refractivity contribution in [2.24, 2.45) is 7.05 Å². The zero-order valence-corrected chi connectivity index (χ0v) is 18.2. The first-order chi connectivity index (χ1) is 15.7. The van der Waals surface area contributed by atoms with Gasteiger partial charge in [-0.3, -0.25) is 4.68 Å². The molecular formula is C24H24N6O2. The predicted molar refractivity (Wildman–Crippen MR) is 124 cm³/mol. The van der Waals surface area contributed by atoms with Crippen LogP contribution in [0.5, 0.6) is 11.5 Å². The summed E-state index contributed by atoms with van der Waals surface area (Å²) in [5.41, 5.74) is 4.06. The number of para-hydroxylation sites is 2. The van der Waals surface area contributed by atoms with Gasteiger partial charge in [0, 0.05) is 42.2 Å². The molecule has 0 saturated carbocycles. The van der Waals surface area contributed by atoms with Crippen LogP contribution < -0.4 is 14.8 Å². The molecule has 1 unspecified atom stereocenters. The summed E-state index contributed by atoms with van der Waals surface area (Å²) in [6.07, 6.45) is 5.40. The first-order valence-corrected chi connectivity index (χ1v) is 10.3. The van der Waals surface area contributed by atoms with Gasteiger partial charge < -0.3 is 19.8 Å². The number of aryl methyl sites for hydroxylation is 1. The first-order valence-electron chi connectivity index (χ1n) is 10.3. The number of H-pyrrole nitrogens is 1. The van der Waals surface area contributed by atoms with E-state index in [1.807, 2.05) is 25.2 Å². The van der Waals surface area contributed by atoms with E-state index in [0.29, 0.717) is 12.3 Å². The molecule has 0 radical (unpaired) electrons. The van der Waals surface area contributed by atoms with Crippen molar-refractivity contribution in [3.8, 4) is 11.5 Å². The summed E-state index contributed by atoms with van der Waals surface area (Å²) >= 11 is 0. The van der Waals surface area contributed by atoms with Crippen LogP contribution in [0.15, 0.2) is 61.2 Å². The van der Waals surface area contributed by atoms with E-state index in [-0.39, 0.29) is 5.92 Å². The van der Waals surface area contributed by atoms with Gasteiger partial charge in [-0.25, -0.2) is 9.97 Å². The summed E-state index contributed by atoms with van der Waals surface area (Å²) in [4.78, 5) is 12.2. The molecule has 2 N–H and O–H groups in total. The minimum Gasteiger partial charge on any atom is -0.493 e. The quantitative estimate of drug-likeness (QED) is 0.406. The SMILES string of the molecule is COc1cccc(C(CNc2ncnc3c2cnn3C)c2c[nH]c3ccccc23)c1OC. The smallest absolute Gasteiger partial charge is 0.164 e. The normalized spacial score (nSPS) is 12.2. The number of aromatic amines is 1. The molecular weight excluding hydrogens is 404 g/mol. The molecule has 0 spiro atoms. The van der Waals surface area contributed by atoms with E-state index in [4.69, 9.17) is 9.47 Å². The number of benzene rings is 2. The number of methoxy groups -OCH3 is 2. The zero-order valence-electron chi connectivity index (χ0n) is 18.2. The van der Waals surface area contributed by atoms with Gasteiger partial charge in [0.15, 0.2) is 17.1 Å². The monoisotopic (exact) mass is 428 g/mol. The Hall–Kier alpha value is -4.07. The minimum absolute atomic E-state index is 0.0297. The van der Waals surface area contributed by atoms with Gasteiger partial charge >= 0.3 is 0 Å². The van der Waals surface area contributed by atoms with Crippen molar-refractivity contribution in [2.45, 2.75) is 5.92 Å². The zero-order chi connectivity index (χ0) is 22.1. The molecule has 5 aromatic rings. The second-order valence-corrected chi connectivity index (χ2v) is 7.53. The Kier molecular flexibility index (Phi) is 5.10. The molecule has 0 fully saturated rings. The second-order valence-electron chi connectivity index (χ2n) is 7.53. The van der Waals surface area contributed by atoms with Gasteiger partial charge in [0.05, 0.1) is 25.8 Å². The van der Waals surface area contributed by atoms with E-state index >= 15 is 0 Å². The Morgan fingerprint density at radius 3 is 2.72 bits per heavy atom. The van der Waals surface area contributed by atoms with Gasteiger partial charge in [-0.05, 0) is 17.7 Å². The number of aromatic nitrogens is 5. The van der Waals surface area contributed by atoms with Crippen molar-refractivity contribution >= 4 is 27.8 Å². The van der Waals surface area contributed by atoms with Crippen molar-refractivity contribution in [1.29, 1.82) is 0 Å². The largest absolute Gasteiger partial charge is 0.493 e. The third-order valence-corrected chi connectivity index (χ3v) is 5.81. The van der Waals surface area contributed by atoms with Crippen LogP contribution in [0.25, 0.3) is 21.9 Å². The molecule has 0 aliphatic rings. The lowest BCUT2D eigenvalue weighted by Gasteiger charge is -2.22. The van der Waals surface area contributed by atoms with Gasteiger partial charge in [-0.2, -0.15) is 5.10 Å². The fourth-order valence-corrected chi connectivity index (χ4v) is 4.26. The Bertz CT molecular complexity index is 1390. The van der Waals surface area contributed by atoms with Gasteiger partial charge in [0.2, 0.25) is 0 Å². The van der Waals surface area contributed by atoms with E-state index in [0.717, 1.165) is 39.2 Å². The molecule has 162 valence electrons. The lowest BCUT2D eigenvalue weighted by Crippen LogP contribution is -2.16. The van der Waals surface area contributed by atoms with Crippen molar-refractivity contribution < 1.29 is 9.47 Å². The number of nitrogens with zero attached hydrogens (tertiary/aromatic N) is 4. The van der Waals surface area contributed by atoms with Crippen LogP contribution in [0.1, 0.15) is 17.0 Å². The summed E-state index contributed by atoms with van der Waals surface area (Å²) in [6, 6.07) is 14.3. The number of hydrogen-bond acceptors (Lipinski definition) is 6. The second kappa shape index (κ2) is 8.22. The Balaban J connectivity index is 1.60. The van der Waals surface area contributed by atoms with Crippen molar-refractivity contribution in [3.05, 3.63) is 72.3 Å². The standard InChI is InChI=1S/C24H24N6O2/c1-30-24-19(13-29-30)23(27-14-28-24)26-12-18(16-8-6-10-21(31-2)22(16)32-3)17-11-25-20-9-5-4-7-15(17)20/h4-11,13-14,18,25H,12H2,1-3H3,(H,26,27,28). The van der Waals surface area contributed by atoms with E-state index < -0.39 is 0 Å². The predicted octanol–water partition coefficient (Wildman–Crippen LogP) is 4.11. The summed E-state index contributed by atoms with van der Waals surface area (Å²) in [5.74, 6) is 2.14. The molecule has 0 bridgehead atoms. The van der Waals surface area contributed by atoms with Crippen LogP contribution in [-0.4, -0.2) is 45.5 Å². The Morgan fingerprint density at radius 1 is 1.00 bits per heavy atom. The van der Waals surface area contributed by atoms with Crippen molar-refractivity contribution in [2.75, 3.05) is 26.1 Å². The van der Waals surface area contributed by atoms with E-state index in [1.54, 1.807) is 31.4 Å². The summed E-state index contributed by atoms with van der Waals surface area (Å²) in [6.45, 7) is 0.590. The lowest BCUT2D eigenvalue weighted by molar-refractivity contribution is 0.350. The molecule has 3 aromatic heterocycles. The van der Waals surface area contributed by atoms with Gasteiger partial charge in [0.25, 0.3) is 0 Å². The lowest BCUT2D eigenvalue weighted by atomic mass is 9.89. The molecule has 5 rings (SSSR count). The van der Waals surface area contributed by atoms with Crippen LogP contribution in [0.3, 0.4) is 0 Å². The molecule has 8 nitrogen and oxygen atoms in total. The Morgan fingerprint density at radius 2 is 1.88 bits per heavy atom. The number of fused-ring (bicyclic) bond motifs is 2. The van der Waals surface area contributed by atoms with Crippen LogP contribution in [-0.2, 0) is 7.05 Å². The highest BCUT2D eigenvalue weighted by atomic mass is 16.5. The van der Waals surface area contributed by atoms with Crippen molar-refractivity contribution in [1.82, 2.24) is 24.7 Å². The highest BCUT2D eigenvalue weighted by molar-refractivity contribution is 5.87. The average molecular weight is 428 g/mol. The summed E-state index contributed by atoms with van der Waals surface area (Å²) in [7, 11) is 5.19. The van der Waals surface area contributed by atoms with Crippen LogP contribution in [0, 0.1) is 0 Å². The Labute approximate surface area is 185 Å². The number of anilines is 1. The number of nitrogens with one attached hydrogen (secondary N) is 2. The molecule has 0 aliphatic carbocycles. The summed E-state index contributed by atoms with van der Waals surface area (Å²) < 4.78 is 13.1. The molecule has 0 aliphatic heterocycles. The van der Waals surface area contributed by atoms with Gasteiger partial charge in [0.1, 0.15) is 12.1 Å². The molecule has 3 heterocycles. The van der Waals surface area contributed by atoms with Crippen LogP contribution >= 0.6 is 0 Å². The molecule has 1 atom stereocenters. The maximum absolute atomic E-state index is 5.78. The van der Waals surface area contributed by atoms with E-state index in [9.17, 15) is 0 Å². The number of rotatable bonds is 7. The number of hydrogen-bond donors (Lipinski definition) is 2. The van der Waals surface area contributed by atoms with Crippen LogP contribution in [0.4, 0.5) is 5.82 Å². The number of ether oxygens (including phenoxy) is 2. The highest BCUT2D eigenvalue weighted by Gasteiger charge is 2.24. The maximum Gasteiger partial charge on any atom is 0.164 e. The molecule has 0 amide bonds. The average Bonchev–Trinajstić information content (AvgIpc) is 3.43. The summed E-state index contributed by atoms with van der Waals surface area (Å²) in [5, 5.41) is 9.89. The molecule has 32 heavy (non-hydrogen) atoms. The molecule has 2 aromatic carbocycles. The van der Waals surface area contributed by atoms with Gasteiger partial charge in [-0.15, -0.1) is 0 Å².